The summed E-state index contributed by atoms with van der Waals surface area (Å²) in [6, 6.07) is 9.46. The number of pyridine rings is 1. The molecular formula is C16H18BrNO2. The monoisotopic (exact) mass is 335 g/mol. The molecule has 0 fully saturated rings. The normalized spacial score (nSPS) is 10.9. The zero-order chi connectivity index (χ0) is 14.7. The first kappa shape index (κ1) is 15.0. The minimum absolute atomic E-state index is 0.0159. The second kappa shape index (κ2) is 6.37. The van der Waals surface area contributed by atoms with Crippen molar-refractivity contribution in [3.8, 4) is 11.6 Å². The highest BCUT2D eigenvalue weighted by Crippen LogP contribution is 2.27. The molecule has 1 heterocycles. The number of aromatic nitrogens is 1. The minimum Gasteiger partial charge on any atom is -0.439 e. The summed E-state index contributed by atoms with van der Waals surface area (Å²) in [6.45, 7) is 6.13. The Bertz CT molecular complexity index is 611. The molecule has 3 nitrogen and oxygen atoms in total. The smallest absolute Gasteiger partial charge is 0.219 e. The van der Waals surface area contributed by atoms with Crippen molar-refractivity contribution >= 4 is 15.9 Å². The highest BCUT2D eigenvalue weighted by molar-refractivity contribution is 9.10. The zero-order valence-electron chi connectivity index (χ0n) is 11.9. The lowest BCUT2D eigenvalue weighted by Gasteiger charge is -2.11. The number of aliphatic hydroxyl groups is 1. The summed E-state index contributed by atoms with van der Waals surface area (Å²) >= 11 is 3.46. The van der Waals surface area contributed by atoms with E-state index in [-0.39, 0.29) is 12.5 Å². The van der Waals surface area contributed by atoms with Crippen LogP contribution in [0.15, 0.2) is 34.8 Å². The molecule has 1 aromatic heterocycles. The third-order valence-electron chi connectivity index (χ3n) is 3.01. The van der Waals surface area contributed by atoms with Crippen molar-refractivity contribution in [3.05, 3.63) is 51.6 Å². The van der Waals surface area contributed by atoms with Crippen molar-refractivity contribution in [2.24, 2.45) is 0 Å². The van der Waals surface area contributed by atoms with Crippen LogP contribution in [0.4, 0.5) is 0 Å². The first-order valence-corrected chi connectivity index (χ1v) is 7.34. The number of halogens is 1. The first-order valence-electron chi connectivity index (χ1n) is 6.55. The molecule has 0 atom stereocenters. The predicted molar refractivity (Wildman–Crippen MR) is 83.2 cm³/mol. The van der Waals surface area contributed by atoms with E-state index in [1.165, 1.54) is 0 Å². The van der Waals surface area contributed by atoms with Gasteiger partial charge in [-0.2, -0.15) is 0 Å². The summed E-state index contributed by atoms with van der Waals surface area (Å²) in [4.78, 5) is 4.48. The average Bonchev–Trinajstić information content (AvgIpc) is 2.42. The van der Waals surface area contributed by atoms with E-state index in [0.717, 1.165) is 27.0 Å². The number of benzene rings is 1. The summed E-state index contributed by atoms with van der Waals surface area (Å²) in [5.74, 6) is 1.54. The van der Waals surface area contributed by atoms with Crippen LogP contribution in [0.1, 0.15) is 36.6 Å². The summed E-state index contributed by atoms with van der Waals surface area (Å²) in [5, 5.41) is 9.33. The molecule has 2 aromatic rings. The second-order valence-electron chi connectivity index (χ2n) is 5.06. The molecular weight excluding hydrogens is 318 g/mol. The van der Waals surface area contributed by atoms with Crippen molar-refractivity contribution < 1.29 is 9.84 Å². The average molecular weight is 336 g/mol. The maximum Gasteiger partial charge on any atom is 0.219 e. The van der Waals surface area contributed by atoms with Gasteiger partial charge in [0.15, 0.2) is 0 Å². The lowest BCUT2D eigenvalue weighted by atomic mass is 10.1. The molecule has 106 valence electrons. The van der Waals surface area contributed by atoms with Crippen LogP contribution in [-0.4, -0.2) is 10.1 Å². The number of aryl methyl sites for hydroxylation is 1. The first-order chi connectivity index (χ1) is 9.49. The van der Waals surface area contributed by atoms with Gasteiger partial charge < -0.3 is 9.84 Å². The van der Waals surface area contributed by atoms with E-state index < -0.39 is 0 Å². The van der Waals surface area contributed by atoms with E-state index in [1.54, 1.807) is 6.07 Å². The minimum atomic E-state index is -0.0159. The molecule has 0 saturated heterocycles. The molecule has 0 bridgehead atoms. The van der Waals surface area contributed by atoms with Crippen LogP contribution in [0.3, 0.4) is 0 Å². The topological polar surface area (TPSA) is 42.4 Å². The number of ether oxygens (including phenoxy) is 1. The van der Waals surface area contributed by atoms with Gasteiger partial charge in [0.05, 0.1) is 6.61 Å². The molecule has 4 heteroatoms. The summed E-state index contributed by atoms with van der Waals surface area (Å²) in [7, 11) is 0. The van der Waals surface area contributed by atoms with Crippen molar-refractivity contribution in [1.29, 1.82) is 0 Å². The second-order valence-corrected chi connectivity index (χ2v) is 5.92. The number of hydrogen-bond acceptors (Lipinski definition) is 3. The molecule has 0 saturated carbocycles. The highest BCUT2D eigenvalue weighted by atomic mass is 79.9. The van der Waals surface area contributed by atoms with E-state index in [4.69, 9.17) is 4.74 Å². The molecule has 2 rings (SSSR count). The van der Waals surface area contributed by atoms with E-state index in [0.29, 0.717) is 5.88 Å². The molecule has 0 aliphatic rings. The Balaban J connectivity index is 2.32. The molecule has 1 N–H and O–H groups in total. The number of aliphatic hydroxyl groups excluding tert-OH is 1. The molecule has 0 spiro atoms. The molecule has 20 heavy (non-hydrogen) atoms. The van der Waals surface area contributed by atoms with Gasteiger partial charge in [-0.1, -0.05) is 29.8 Å². The lowest BCUT2D eigenvalue weighted by molar-refractivity contribution is 0.280. The Morgan fingerprint density at radius 1 is 1.25 bits per heavy atom. The molecule has 0 aliphatic carbocycles. The van der Waals surface area contributed by atoms with Crippen molar-refractivity contribution in [2.45, 2.75) is 33.3 Å². The van der Waals surface area contributed by atoms with Gasteiger partial charge in [0, 0.05) is 16.2 Å². The fourth-order valence-corrected chi connectivity index (χ4v) is 2.07. The Kier molecular flexibility index (Phi) is 4.78. The van der Waals surface area contributed by atoms with Gasteiger partial charge in [-0.3, -0.25) is 0 Å². The molecule has 0 amide bonds. The summed E-state index contributed by atoms with van der Waals surface area (Å²) in [6.07, 6.45) is 0. The Labute approximate surface area is 127 Å². The van der Waals surface area contributed by atoms with E-state index in [9.17, 15) is 5.11 Å². The molecule has 0 unspecified atom stereocenters. The standard InChI is InChI=1S/C16H18BrNO2/c1-10(2)15-7-12(9-19)8-16(18-15)20-13-4-5-14(17)11(3)6-13/h4-8,10,19H,9H2,1-3H3. The van der Waals surface area contributed by atoms with E-state index in [2.05, 4.69) is 34.8 Å². The van der Waals surface area contributed by atoms with Crippen molar-refractivity contribution in [1.82, 2.24) is 4.98 Å². The fraction of sp³-hybridized carbons (Fsp3) is 0.312. The number of nitrogens with zero attached hydrogens (tertiary/aromatic N) is 1. The fourth-order valence-electron chi connectivity index (χ4n) is 1.82. The number of hydrogen-bond donors (Lipinski definition) is 1. The summed E-state index contributed by atoms with van der Waals surface area (Å²) in [5.41, 5.74) is 2.83. The zero-order valence-corrected chi connectivity index (χ0v) is 13.4. The van der Waals surface area contributed by atoms with Gasteiger partial charge in [0.1, 0.15) is 5.75 Å². The van der Waals surface area contributed by atoms with Gasteiger partial charge in [-0.05, 0) is 48.2 Å². The van der Waals surface area contributed by atoms with Crippen LogP contribution in [0.2, 0.25) is 0 Å². The van der Waals surface area contributed by atoms with Gasteiger partial charge in [0.25, 0.3) is 0 Å². The largest absolute Gasteiger partial charge is 0.439 e. The maximum absolute atomic E-state index is 9.33. The van der Waals surface area contributed by atoms with E-state index >= 15 is 0 Å². The van der Waals surface area contributed by atoms with Crippen LogP contribution in [-0.2, 0) is 6.61 Å². The summed E-state index contributed by atoms with van der Waals surface area (Å²) < 4.78 is 6.85. The van der Waals surface area contributed by atoms with Crippen molar-refractivity contribution in [2.75, 3.05) is 0 Å². The van der Waals surface area contributed by atoms with Crippen LogP contribution >= 0.6 is 15.9 Å². The molecule has 0 aliphatic heterocycles. The lowest BCUT2D eigenvalue weighted by Crippen LogP contribution is -1.98. The van der Waals surface area contributed by atoms with Gasteiger partial charge >= 0.3 is 0 Å². The van der Waals surface area contributed by atoms with Crippen LogP contribution < -0.4 is 4.74 Å². The Morgan fingerprint density at radius 2 is 2.00 bits per heavy atom. The van der Waals surface area contributed by atoms with Crippen LogP contribution in [0, 0.1) is 6.92 Å². The van der Waals surface area contributed by atoms with Gasteiger partial charge in [0.2, 0.25) is 5.88 Å². The third kappa shape index (κ3) is 3.58. The Hall–Kier alpha value is -1.39. The molecule has 1 aromatic carbocycles. The SMILES string of the molecule is Cc1cc(Oc2cc(CO)cc(C(C)C)n2)ccc1Br. The quantitative estimate of drug-likeness (QED) is 0.890. The third-order valence-corrected chi connectivity index (χ3v) is 3.90. The maximum atomic E-state index is 9.33. The highest BCUT2D eigenvalue weighted by Gasteiger charge is 2.08. The predicted octanol–water partition coefficient (Wildman–Crippen LogP) is 4.56. The van der Waals surface area contributed by atoms with Gasteiger partial charge in [-0.25, -0.2) is 4.98 Å². The van der Waals surface area contributed by atoms with E-state index in [1.807, 2.05) is 31.2 Å². The Morgan fingerprint density at radius 3 is 2.60 bits per heavy atom. The van der Waals surface area contributed by atoms with Crippen LogP contribution in [0.25, 0.3) is 0 Å². The number of rotatable bonds is 4. The van der Waals surface area contributed by atoms with Crippen LogP contribution in [0.5, 0.6) is 11.6 Å². The van der Waals surface area contributed by atoms with Gasteiger partial charge in [-0.15, -0.1) is 0 Å². The molecule has 0 radical (unpaired) electrons. The van der Waals surface area contributed by atoms with Crippen molar-refractivity contribution in [3.63, 3.8) is 0 Å².